The fourth-order valence-electron chi connectivity index (χ4n) is 7.02. The lowest BCUT2D eigenvalue weighted by atomic mass is 9.49. The summed E-state index contributed by atoms with van der Waals surface area (Å²) < 4.78 is 41.5. The van der Waals surface area contributed by atoms with Gasteiger partial charge in [-0.2, -0.15) is 0 Å². The van der Waals surface area contributed by atoms with Gasteiger partial charge >= 0.3 is 6.36 Å². The highest BCUT2D eigenvalue weighted by Crippen LogP contribution is 2.60. The first-order valence-corrected chi connectivity index (χ1v) is 11.7. The third-order valence-electron chi connectivity index (χ3n) is 7.85. The molecule has 0 spiro atoms. The van der Waals surface area contributed by atoms with E-state index < -0.39 is 6.36 Å². The van der Waals surface area contributed by atoms with Crippen LogP contribution >= 0.6 is 0 Å². The van der Waals surface area contributed by atoms with Crippen molar-refractivity contribution in [2.45, 2.75) is 64.1 Å². The normalized spacial score (nSPS) is 30.7. The quantitative estimate of drug-likeness (QED) is 0.714. The first-order valence-electron chi connectivity index (χ1n) is 11.7. The monoisotopic (exact) mass is 450 g/mol. The molecule has 5 nitrogen and oxygen atoms in total. The molecule has 0 aromatic heterocycles. The molecular weight excluding hydrogens is 421 g/mol. The second-order valence-electron chi connectivity index (χ2n) is 10.2. The van der Waals surface area contributed by atoms with Crippen LogP contribution < -0.4 is 15.0 Å². The van der Waals surface area contributed by atoms with Crippen LogP contribution in [0.5, 0.6) is 5.75 Å². The SMILES string of the molecule is O=C(CCNC(=O)C12CC3CC(CC(C3)C1)C2)N1CCCc2cc(OC(F)(F)F)ccc21. The Kier molecular flexibility index (Phi) is 5.37. The number of amides is 2. The molecule has 1 aliphatic heterocycles. The number of nitrogens with one attached hydrogen (secondary N) is 1. The van der Waals surface area contributed by atoms with Gasteiger partial charge in [0.05, 0.1) is 0 Å². The molecule has 0 atom stereocenters. The van der Waals surface area contributed by atoms with Crippen LogP contribution in [0.25, 0.3) is 0 Å². The first-order chi connectivity index (χ1) is 15.2. The van der Waals surface area contributed by atoms with E-state index in [9.17, 15) is 22.8 Å². The minimum absolute atomic E-state index is 0.109. The van der Waals surface area contributed by atoms with Crippen LogP contribution in [0, 0.1) is 23.2 Å². The van der Waals surface area contributed by atoms with Gasteiger partial charge in [0.15, 0.2) is 0 Å². The number of nitrogens with zero attached hydrogens (tertiary/aromatic N) is 1. The Morgan fingerprint density at radius 3 is 2.38 bits per heavy atom. The van der Waals surface area contributed by atoms with E-state index in [1.165, 1.54) is 37.5 Å². The molecule has 4 fully saturated rings. The van der Waals surface area contributed by atoms with Gasteiger partial charge in [0, 0.05) is 30.6 Å². The Balaban J connectivity index is 1.18. The van der Waals surface area contributed by atoms with Crippen molar-refractivity contribution in [2.75, 3.05) is 18.0 Å². The van der Waals surface area contributed by atoms with E-state index in [0.717, 1.165) is 19.3 Å². The number of fused-ring (bicyclic) bond motifs is 1. The van der Waals surface area contributed by atoms with Crippen molar-refractivity contribution >= 4 is 17.5 Å². The lowest BCUT2D eigenvalue weighted by Crippen LogP contribution is -2.53. The van der Waals surface area contributed by atoms with E-state index in [0.29, 0.717) is 54.9 Å². The number of halogens is 3. The van der Waals surface area contributed by atoms with Crippen molar-refractivity contribution in [1.29, 1.82) is 0 Å². The smallest absolute Gasteiger partial charge is 0.406 e. The summed E-state index contributed by atoms with van der Waals surface area (Å²) in [7, 11) is 0. The van der Waals surface area contributed by atoms with Gasteiger partial charge in [0.2, 0.25) is 11.8 Å². The zero-order valence-electron chi connectivity index (χ0n) is 18.0. The summed E-state index contributed by atoms with van der Waals surface area (Å²) in [5.74, 6) is 1.77. The van der Waals surface area contributed by atoms with Gasteiger partial charge in [0.1, 0.15) is 5.75 Å². The summed E-state index contributed by atoms with van der Waals surface area (Å²) in [6.45, 7) is 0.814. The fourth-order valence-corrected chi connectivity index (χ4v) is 7.02. The number of aryl methyl sites for hydroxylation is 1. The minimum Gasteiger partial charge on any atom is -0.406 e. The number of carbonyl (C=O) groups is 2. The molecule has 6 rings (SSSR count). The number of rotatable bonds is 5. The van der Waals surface area contributed by atoms with Crippen molar-refractivity contribution in [3.63, 3.8) is 0 Å². The third kappa shape index (κ3) is 4.20. The Morgan fingerprint density at radius 1 is 1.09 bits per heavy atom. The summed E-state index contributed by atoms with van der Waals surface area (Å²) in [5.41, 5.74) is 1.07. The van der Waals surface area contributed by atoms with E-state index in [2.05, 4.69) is 10.1 Å². The molecule has 0 radical (unpaired) electrons. The molecule has 4 aliphatic carbocycles. The number of hydrogen-bond acceptors (Lipinski definition) is 3. The van der Waals surface area contributed by atoms with Gasteiger partial charge < -0.3 is 15.0 Å². The van der Waals surface area contributed by atoms with E-state index >= 15 is 0 Å². The highest BCUT2D eigenvalue weighted by Gasteiger charge is 2.54. The van der Waals surface area contributed by atoms with Gasteiger partial charge in [0.25, 0.3) is 0 Å². The van der Waals surface area contributed by atoms with Crippen LogP contribution in [0.1, 0.15) is 56.9 Å². The Hall–Kier alpha value is -2.25. The Labute approximate surface area is 185 Å². The molecule has 8 heteroatoms. The molecule has 1 aromatic carbocycles. The van der Waals surface area contributed by atoms with Crippen LogP contribution in [0.15, 0.2) is 18.2 Å². The summed E-state index contributed by atoms with van der Waals surface area (Å²) >= 11 is 0. The number of carbonyl (C=O) groups excluding carboxylic acids is 2. The summed E-state index contributed by atoms with van der Waals surface area (Å²) in [5, 5.41) is 3.04. The van der Waals surface area contributed by atoms with Gasteiger partial charge in [-0.1, -0.05) is 0 Å². The zero-order valence-corrected chi connectivity index (χ0v) is 18.0. The molecule has 1 aromatic rings. The molecule has 1 heterocycles. The third-order valence-corrected chi connectivity index (χ3v) is 7.85. The Bertz CT molecular complexity index is 879. The van der Waals surface area contributed by atoms with E-state index in [4.69, 9.17) is 0 Å². The van der Waals surface area contributed by atoms with Crippen LogP contribution in [-0.4, -0.2) is 31.3 Å². The van der Waals surface area contributed by atoms with Crippen LogP contribution in [-0.2, 0) is 16.0 Å². The average Bonchev–Trinajstić information content (AvgIpc) is 2.70. The molecule has 0 saturated heterocycles. The molecule has 4 saturated carbocycles. The number of anilines is 1. The fraction of sp³-hybridized carbons (Fsp3) is 0.667. The lowest BCUT2D eigenvalue weighted by molar-refractivity contribution is -0.274. The van der Waals surface area contributed by atoms with E-state index in [1.54, 1.807) is 4.90 Å². The molecule has 5 aliphatic rings. The number of alkyl halides is 3. The molecule has 174 valence electrons. The van der Waals surface area contributed by atoms with Crippen LogP contribution in [0.4, 0.5) is 18.9 Å². The van der Waals surface area contributed by atoms with Crippen LogP contribution in [0.2, 0.25) is 0 Å². The predicted molar refractivity (Wildman–Crippen MR) is 112 cm³/mol. The second kappa shape index (κ2) is 7.96. The van der Waals surface area contributed by atoms with Crippen molar-refractivity contribution in [2.24, 2.45) is 23.2 Å². The van der Waals surface area contributed by atoms with Gasteiger partial charge in [-0.25, -0.2) is 0 Å². The standard InChI is InChI=1S/C24H29F3N2O3/c25-24(26,27)32-19-3-4-20-18(11-19)2-1-7-29(20)21(30)5-6-28-22(31)23-12-15-8-16(13-23)10-17(9-15)14-23/h3-4,11,15-17H,1-2,5-10,12-14H2,(H,28,31). The Morgan fingerprint density at radius 2 is 1.75 bits per heavy atom. The second-order valence-corrected chi connectivity index (χ2v) is 10.2. The molecule has 1 N–H and O–H groups in total. The maximum absolute atomic E-state index is 13.1. The summed E-state index contributed by atoms with van der Waals surface area (Å²) in [6.07, 6.45) is 3.48. The molecule has 4 bridgehead atoms. The lowest BCUT2D eigenvalue weighted by Gasteiger charge is -2.55. The largest absolute Gasteiger partial charge is 0.573 e. The molecule has 0 unspecified atom stereocenters. The topological polar surface area (TPSA) is 58.6 Å². The summed E-state index contributed by atoms with van der Waals surface area (Å²) in [4.78, 5) is 27.5. The molecule has 32 heavy (non-hydrogen) atoms. The van der Waals surface area contributed by atoms with Crippen molar-refractivity contribution in [1.82, 2.24) is 5.32 Å². The van der Waals surface area contributed by atoms with Crippen molar-refractivity contribution in [3.8, 4) is 5.75 Å². The van der Waals surface area contributed by atoms with E-state index in [1.807, 2.05) is 0 Å². The minimum atomic E-state index is -4.74. The maximum atomic E-state index is 13.1. The van der Waals surface area contributed by atoms with Gasteiger partial charge in [-0.05, 0) is 92.9 Å². The highest BCUT2D eigenvalue weighted by molar-refractivity contribution is 5.95. The van der Waals surface area contributed by atoms with Crippen molar-refractivity contribution < 1.29 is 27.5 Å². The van der Waals surface area contributed by atoms with E-state index in [-0.39, 0.29) is 29.4 Å². The first kappa shape index (κ1) is 21.6. The number of hydrogen-bond donors (Lipinski definition) is 1. The molecule has 2 amide bonds. The van der Waals surface area contributed by atoms with Gasteiger partial charge in [-0.3, -0.25) is 9.59 Å². The highest BCUT2D eigenvalue weighted by atomic mass is 19.4. The zero-order chi connectivity index (χ0) is 22.5. The predicted octanol–water partition coefficient (Wildman–Crippen LogP) is 4.59. The van der Waals surface area contributed by atoms with Crippen molar-refractivity contribution in [3.05, 3.63) is 23.8 Å². The summed E-state index contributed by atoms with van der Waals surface area (Å²) in [6, 6.07) is 4.12. The molecular formula is C24H29F3N2O3. The number of benzene rings is 1. The van der Waals surface area contributed by atoms with Crippen LogP contribution in [0.3, 0.4) is 0 Å². The average molecular weight is 451 g/mol. The maximum Gasteiger partial charge on any atom is 0.573 e. The number of ether oxygens (including phenoxy) is 1. The van der Waals surface area contributed by atoms with Gasteiger partial charge in [-0.15, -0.1) is 13.2 Å².